The van der Waals surface area contributed by atoms with E-state index in [0.29, 0.717) is 25.2 Å². The van der Waals surface area contributed by atoms with Crippen molar-refractivity contribution in [1.82, 2.24) is 5.32 Å². The van der Waals surface area contributed by atoms with Crippen molar-refractivity contribution in [3.63, 3.8) is 0 Å². The van der Waals surface area contributed by atoms with Gasteiger partial charge in [-0.2, -0.15) is 0 Å². The third kappa shape index (κ3) is 3.79. The molecule has 0 spiro atoms. The molecule has 1 atom stereocenters. The molecule has 0 amide bonds. The van der Waals surface area contributed by atoms with Gasteiger partial charge in [0.2, 0.25) is 5.92 Å². The first-order chi connectivity index (χ1) is 7.09. The molecule has 1 rings (SSSR count). The quantitative estimate of drug-likeness (QED) is 0.711. The summed E-state index contributed by atoms with van der Waals surface area (Å²) in [7, 11) is 0. The molecule has 0 radical (unpaired) electrons. The van der Waals surface area contributed by atoms with E-state index in [9.17, 15) is 8.78 Å². The molecule has 1 N–H and O–H groups in total. The van der Waals surface area contributed by atoms with Gasteiger partial charge in [-0.15, -0.1) is 12.3 Å². The summed E-state index contributed by atoms with van der Waals surface area (Å²) in [6.07, 6.45) is 7.14. The number of hydrogen-bond acceptors (Lipinski definition) is 1. The van der Waals surface area contributed by atoms with Gasteiger partial charge in [-0.05, 0) is 25.3 Å². The van der Waals surface area contributed by atoms with Crippen LogP contribution in [0, 0.1) is 18.3 Å². The summed E-state index contributed by atoms with van der Waals surface area (Å²) >= 11 is 0. The van der Waals surface area contributed by atoms with Crippen LogP contribution in [-0.2, 0) is 0 Å². The maximum atomic E-state index is 13.0. The number of halogens is 2. The molecule has 1 fully saturated rings. The van der Waals surface area contributed by atoms with Gasteiger partial charge in [-0.25, -0.2) is 8.78 Å². The van der Waals surface area contributed by atoms with Crippen molar-refractivity contribution in [2.24, 2.45) is 5.92 Å². The van der Waals surface area contributed by atoms with Gasteiger partial charge >= 0.3 is 0 Å². The maximum Gasteiger partial charge on any atom is 0.248 e. The fraction of sp³-hybridized carbons (Fsp3) is 0.833. The summed E-state index contributed by atoms with van der Waals surface area (Å²) in [5.74, 6) is 0.500. The summed E-state index contributed by atoms with van der Waals surface area (Å²) in [4.78, 5) is 0. The fourth-order valence-electron chi connectivity index (χ4n) is 2.26. The molecule has 1 saturated carbocycles. The monoisotopic (exact) mass is 215 g/mol. The number of alkyl halides is 2. The van der Waals surface area contributed by atoms with E-state index in [4.69, 9.17) is 6.42 Å². The zero-order valence-electron chi connectivity index (χ0n) is 9.23. The second kappa shape index (κ2) is 5.46. The van der Waals surface area contributed by atoms with Crippen LogP contribution in [0.25, 0.3) is 0 Å². The molecule has 1 aliphatic rings. The van der Waals surface area contributed by atoms with Crippen molar-refractivity contribution >= 4 is 0 Å². The smallest absolute Gasteiger partial charge is 0.248 e. The highest BCUT2D eigenvalue weighted by molar-refractivity contribution is 4.94. The van der Waals surface area contributed by atoms with Crippen molar-refractivity contribution < 1.29 is 8.78 Å². The van der Waals surface area contributed by atoms with E-state index in [1.807, 2.05) is 6.92 Å². The SMILES string of the molecule is C#CCC(NCC)C1CCC(F)(F)CC1. The maximum absolute atomic E-state index is 13.0. The van der Waals surface area contributed by atoms with E-state index in [1.54, 1.807) is 0 Å². The Bertz CT molecular complexity index is 222. The van der Waals surface area contributed by atoms with Crippen molar-refractivity contribution in [2.45, 2.75) is 51.0 Å². The highest BCUT2D eigenvalue weighted by Gasteiger charge is 2.37. The predicted octanol–water partition coefficient (Wildman–Crippen LogP) is 2.81. The van der Waals surface area contributed by atoms with Crippen LogP contribution in [0.2, 0.25) is 0 Å². The summed E-state index contributed by atoms with van der Waals surface area (Å²) in [6.45, 7) is 2.86. The molecule has 0 heterocycles. The summed E-state index contributed by atoms with van der Waals surface area (Å²) < 4.78 is 25.9. The van der Waals surface area contributed by atoms with Crippen LogP contribution in [0.3, 0.4) is 0 Å². The molecule has 0 aromatic rings. The second-order valence-corrected chi connectivity index (χ2v) is 4.27. The molecule has 1 nitrogen and oxygen atoms in total. The Morgan fingerprint density at radius 2 is 2.07 bits per heavy atom. The van der Waals surface area contributed by atoms with Gasteiger partial charge in [0.15, 0.2) is 0 Å². The lowest BCUT2D eigenvalue weighted by molar-refractivity contribution is -0.0493. The summed E-state index contributed by atoms with van der Waals surface area (Å²) in [6, 6.07) is 0.219. The topological polar surface area (TPSA) is 12.0 Å². The molecule has 1 unspecified atom stereocenters. The largest absolute Gasteiger partial charge is 0.313 e. The molecular formula is C12H19F2N. The zero-order chi connectivity index (χ0) is 11.3. The first-order valence-electron chi connectivity index (χ1n) is 5.63. The van der Waals surface area contributed by atoms with Crippen molar-refractivity contribution in [3.8, 4) is 12.3 Å². The minimum atomic E-state index is -2.44. The van der Waals surface area contributed by atoms with Crippen LogP contribution in [0.4, 0.5) is 8.78 Å². The molecule has 0 bridgehead atoms. The van der Waals surface area contributed by atoms with Crippen LogP contribution < -0.4 is 5.32 Å². The van der Waals surface area contributed by atoms with Gasteiger partial charge in [0.25, 0.3) is 0 Å². The lowest BCUT2D eigenvalue weighted by atomic mass is 9.81. The molecule has 0 saturated heterocycles. The van der Waals surface area contributed by atoms with E-state index >= 15 is 0 Å². The fourth-order valence-corrected chi connectivity index (χ4v) is 2.26. The Morgan fingerprint density at radius 1 is 1.47 bits per heavy atom. The molecule has 0 aromatic heterocycles. The lowest BCUT2D eigenvalue weighted by Gasteiger charge is -2.33. The second-order valence-electron chi connectivity index (χ2n) is 4.27. The van der Waals surface area contributed by atoms with Crippen LogP contribution in [0.5, 0.6) is 0 Å². The first kappa shape index (κ1) is 12.4. The van der Waals surface area contributed by atoms with Gasteiger partial charge in [-0.1, -0.05) is 6.92 Å². The van der Waals surface area contributed by atoms with E-state index < -0.39 is 5.92 Å². The molecule has 0 aromatic carbocycles. The van der Waals surface area contributed by atoms with Crippen LogP contribution >= 0.6 is 0 Å². The normalized spacial score (nSPS) is 23.3. The number of nitrogens with one attached hydrogen (secondary N) is 1. The van der Waals surface area contributed by atoms with Crippen LogP contribution in [0.1, 0.15) is 39.0 Å². The molecule has 86 valence electrons. The van der Waals surface area contributed by atoms with Crippen molar-refractivity contribution in [1.29, 1.82) is 0 Å². The van der Waals surface area contributed by atoms with Gasteiger partial charge in [-0.3, -0.25) is 0 Å². The predicted molar refractivity (Wildman–Crippen MR) is 57.8 cm³/mol. The number of terminal acetylenes is 1. The zero-order valence-corrected chi connectivity index (χ0v) is 9.23. The number of rotatable bonds is 4. The van der Waals surface area contributed by atoms with E-state index in [1.165, 1.54) is 0 Å². The third-order valence-electron chi connectivity index (χ3n) is 3.13. The Balaban J connectivity index is 2.45. The highest BCUT2D eigenvalue weighted by atomic mass is 19.3. The average Bonchev–Trinajstić information content (AvgIpc) is 2.18. The van der Waals surface area contributed by atoms with Crippen molar-refractivity contribution in [2.75, 3.05) is 6.54 Å². The first-order valence-corrected chi connectivity index (χ1v) is 5.63. The minimum Gasteiger partial charge on any atom is -0.313 e. The molecule has 1 aliphatic carbocycles. The molecular weight excluding hydrogens is 196 g/mol. The van der Waals surface area contributed by atoms with Gasteiger partial charge < -0.3 is 5.32 Å². The Hall–Kier alpha value is -0.620. The average molecular weight is 215 g/mol. The molecule has 15 heavy (non-hydrogen) atoms. The van der Waals surface area contributed by atoms with E-state index in [0.717, 1.165) is 6.54 Å². The third-order valence-corrected chi connectivity index (χ3v) is 3.13. The lowest BCUT2D eigenvalue weighted by Crippen LogP contribution is -2.39. The standard InChI is InChI=1S/C12H19F2N/c1-3-5-11(15-4-2)10-6-8-12(13,14)9-7-10/h1,10-11,15H,4-9H2,2H3. The van der Waals surface area contributed by atoms with Gasteiger partial charge in [0, 0.05) is 25.3 Å². The molecule has 3 heteroatoms. The van der Waals surface area contributed by atoms with E-state index in [-0.39, 0.29) is 18.9 Å². The van der Waals surface area contributed by atoms with Gasteiger partial charge in [0.1, 0.15) is 0 Å². The van der Waals surface area contributed by atoms with Crippen LogP contribution in [0.15, 0.2) is 0 Å². The van der Waals surface area contributed by atoms with Crippen molar-refractivity contribution in [3.05, 3.63) is 0 Å². The number of hydrogen-bond donors (Lipinski definition) is 1. The van der Waals surface area contributed by atoms with Crippen LogP contribution in [-0.4, -0.2) is 18.5 Å². The van der Waals surface area contributed by atoms with Gasteiger partial charge in [0.05, 0.1) is 0 Å². The Kier molecular flexibility index (Phi) is 4.53. The Morgan fingerprint density at radius 3 is 2.53 bits per heavy atom. The highest BCUT2D eigenvalue weighted by Crippen LogP contribution is 2.37. The summed E-state index contributed by atoms with van der Waals surface area (Å²) in [5, 5.41) is 3.29. The Labute approximate surface area is 90.6 Å². The minimum absolute atomic E-state index is 0.0180. The molecule has 0 aliphatic heterocycles. The van der Waals surface area contributed by atoms with E-state index in [2.05, 4.69) is 11.2 Å². The summed E-state index contributed by atoms with van der Waals surface area (Å²) in [5.41, 5.74) is 0.